The Balaban J connectivity index is 0.00000120. The molecule has 0 aliphatic carbocycles. The number of likely N-dealkylation sites (tertiary alicyclic amines) is 1. The monoisotopic (exact) mass is 270 g/mol. The molecule has 0 spiro atoms. The third-order valence-corrected chi connectivity index (χ3v) is 4.17. The smallest absolute Gasteiger partial charge is 0.123 e. The summed E-state index contributed by atoms with van der Waals surface area (Å²) in [4.78, 5) is 2.47. The number of aryl methyl sites for hydroxylation is 1. The summed E-state index contributed by atoms with van der Waals surface area (Å²) in [6, 6.07) is 5.10. The van der Waals surface area contributed by atoms with E-state index in [1.807, 2.05) is 6.07 Å². The molecule has 100 valence electrons. The quantitative estimate of drug-likeness (QED) is 0.886. The minimum absolute atomic E-state index is 0. The molecule has 0 aromatic heterocycles. The van der Waals surface area contributed by atoms with Gasteiger partial charge in [-0.3, -0.25) is 4.90 Å². The highest BCUT2D eigenvalue weighted by Crippen LogP contribution is 2.27. The highest BCUT2D eigenvalue weighted by molar-refractivity contribution is 5.85. The number of nitrogens with one attached hydrogen (secondary N) is 1. The van der Waals surface area contributed by atoms with E-state index in [2.05, 4.69) is 17.1 Å². The van der Waals surface area contributed by atoms with Crippen molar-refractivity contribution in [3.63, 3.8) is 0 Å². The SMILES string of the molecule is Cc1ccc(F)cc1CN1C[C@H]2CNC[C@H]2C1.Cl. The van der Waals surface area contributed by atoms with Crippen LogP contribution >= 0.6 is 12.4 Å². The standard InChI is InChI=1S/C14H19FN2.ClH/c1-10-2-3-14(15)4-11(10)7-17-8-12-5-16-6-13(12)9-17;/h2-4,12-13,16H,5-9H2,1H3;1H/t12-,13+;. The van der Waals surface area contributed by atoms with Gasteiger partial charge in [-0.25, -0.2) is 4.39 Å². The predicted octanol–water partition coefficient (Wildman–Crippen LogP) is 2.21. The number of hydrogen-bond donors (Lipinski definition) is 1. The molecule has 2 saturated heterocycles. The van der Waals surface area contributed by atoms with Gasteiger partial charge < -0.3 is 5.32 Å². The molecule has 2 atom stereocenters. The topological polar surface area (TPSA) is 15.3 Å². The lowest BCUT2D eigenvalue weighted by Gasteiger charge is -2.18. The molecule has 0 unspecified atom stereocenters. The fourth-order valence-corrected chi connectivity index (χ4v) is 3.13. The van der Waals surface area contributed by atoms with Crippen LogP contribution in [-0.2, 0) is 6.54 Å². The van der Waals surface area contributed by atoms with Crippen LogP contribution in [0.4, 0.5) is 4.39 Å². The fraction of sp³-hybridized carbons (Fsp3) is 0.571. The molecule has 1 aromatic carbocycles. The molecule has 2 fully saturated rings. The first-order valence-electron chi connectivity index (χ1n) is 6.40. The van der Waals surface area contributed by atoms with Crippen molar-refractivity contribution in [2.45, 2.75) is 13.5 Å². The lowest BCUT2D eigenvalue weighted by Crippen LogP contribution is -2.25. The van der Waals surface area contributed by atoms with Crippen molar-refractivity contribution in [2.24, 2.45) is 11.8 Å². The number of halogens is 2. The molecule has 2 aliphatic rings. The maximum Gasteiger partial charge on any atom is 0.123 e. The lowest BCUT2D eigenvalue weighted by atomic mass is 10.0. The molecule has 4 heteroatoms. The maximum atomic E-state index is 13.2. The molecule has 18 heavy (non-hydrogen) atoms. The highest BCUT2D eigenvalue weighted by Gasteiger charge is 2.35. The van der Waals surface area contributed by atoms with Crippen LogP contribution in [0.2, 0.25) is 0 Å². The van der Waals surface area contributed by atoms with Gasteiger partial charge in [0.1, 0.15) is 5.82 Å². The Morgan fingerprint density at radius 3 is 2.61 bits per heavy atom. The predicted molar refractivity (Wildman–Crippen MR) is 73.5 cm³/mol. The number of hydrogen-bond acceptors (Lipinski definition) is 2. The molecule has 3 rings (SSSR count). The summed E-state index contributed by atoms with van der Waals surface area (Å²) in [5.74, 6) is 1.50. The molecule has 0 saturated carbocycles. The van der Waals surface area contributed by atoms with E-state index < -0.39 is 0 Å². The summed E-state index contributed by atoms with van der Waals surface area (Å²) in [5.41, 5.74) is 2.33. The van der Waals surface area contributed by atoms with E-state index in [0.717, 1.165) is 50.1 Å². The Labute approximate surface area is 114 Å². The van der Waals surface area contributed by atoms with Crippen LogP contribution in [0.3, 0.4) is 0 Å². The van der Waals surface area contributed by atoms with E-state index in [0.29, 0.717) is 0 Å². The van der Waals surface area contributed by atoms with E-state index in [4.69, 9.17) is 0 Å². The molecule has 2 nitrogen and oxygen atoms in total. The number of fused-ring (bicyclic) bond motifs is 1. The third-order valence-electron chi connectivity index (χ3n) is 4.17. The Morgan fingerprint density at radius 2 is 1.94 bits per heavy atom. The molecule has 0 bridgehead atoms. The van der Waals surface area contributed by atoms with Gasteiger partial charge in [0.05, 0.1) is 0 Å². The van der Waals surface area contributed by atoms with E-state index in [-0.39, 0.29) is 18.2 Å². The van der Waals surface area contributed by atoms with Crippen LogP contribution in [0.25, 0.3) is 0 Å². The van der Waals surface area contributed by atoms with Crippen LogP contribution in [0, 0.1) is 24.6 Å². The van der Waals surface area contributed by atoms with Crippen molar-refractivity contribution in [2.75, 3.05) is 26.2 Å². The van der Waals surface area contributed by atoms with Gasteiger partial charge in [0.15, 0.2) is 0 Å². The van der Waals surface area contributed by atoms with Crippen LogP contribution in [0.5, 0.6) is 0 Å². The van der Waals surface area contributed by atoms with Crippen molar-refractivity contribution >= 4 is 12.4 Å². The van der Waals surface area contributed by atoms with E-state index in [9.17, 15) is 4.39 Å². The minimum atomic E-state index is -0.119. The van der Waals surface area contributed by atoms with Gasteiger partial charge in [0, 0.05) is 19.6 Å². The minimum Gasteiger partial charge on any atom is -0.316 e. The molecular weight excluding hydrogens is 251 g/mol. The zero-order chi connectivity index (χ0) is 11.8. The zero-order valence-electron chi connectivity index (χ0n) is 10.7. The third kappa shape index (κ3) is 2.68. The van der Waals surface area contributed by atoms with Gasteiger partial charge >= 0.3 is 0 Å². The van der Waals surface area contributed by atoms with Crippen molar-refractivity contribution in [1.82, 2.24) is 10.2 Å². The van der Waals surface area contributed by atoms with Gasteiger partial charge in [0.25, 0.3) is 0 Å². The van der Waals surface area contributed by atoms with Crippen LogP contribution in [-0.4, -0.2) is 31.1 Å². The number of nitrogens with zero attached hydrogens (tertiary/aromatic N) is 1. The highest BCUT2D eigenvalue weighted by atomic mass is 35.5. The van der Waals surface area contributed by atoms with E-state index >= 15 is 0 Å². The molecule has 1 aromatic rings. The summed E-state index contributed by atoms with van der Waals surface area (Å²) in [5, 5.41) is 3.44. The van der Waals surface area contributed by atoms with Crippen LogP contribution < -0.4 is 5.32 Å². The first-order valence-corrected chi connectivity index (χ1v) is 6.40. The number of rotatable bonds is 2. The van der Waals surface area contributed by atoms with Crippen molar-refractivity contribution in [3.8, 4) is 0 Å². The average molecular weight is 271 g/mol. The molecule has 0 radical (unpaired) electrons. The Bertz CT molecular complexity index is 412. The van der Waals surface area contributed by atoms with Gasteiger partial charge in [0.2, 0.25) is 0 Å². The Kier molecular flexibility index (Phi) is 4.25. The molecule has 2 aliphatic heterocycles. The summed E-state index contributed by atoms with van der Waals surface area (Å²) < 4.78 is 13.2. The summed E-state index contributed by atoms with van der Waals surface area (Å²) in [7, 11) is 0. The Morgan fingerprint density at radius 1 is 1.28 bits per heavy atom. The summed E-state index contributed by atoms with van der Waals surface area (Å²) in [6.45, 7) is 7.59. The first kappa shape index (κ1) is 13.8. The molecule has 1 N–H and O–H groups in total. The fourth-order valence-electron chi connectivity index (χ4n) is 3.13. The largest absolute Gasteiger partial charge is 0.316 e. The summed E-state index contributed by atoms with van der Waals surface area (Å²) >= 11 is 0. The van der Waals surface area contributed by atoms with Crippen molar-refractivity contribution < 1.29 is 4.39 Å². The molecule has 2 heterocycles. The van der Waals surface area contributed by atoms with Gasteiger partial charge in [-0.05, 0) is 55.1 Å². The Hall–Kier alpha value is -0.640. The maximum absolute atomic E-state index is 13.2. The molecular formula is C14H20ClFN2. The van der Waals surface area contributed by atoms with Crippen molar-refractivity contribution in [1.29, 1.82) is 0 Å². The first-order chi connectivity index (χ1) is 8.22. The average Bonchev–Trinajstić information content (AvgIpc) is 2.83. The second kappa shape index (κ2) is 5.55. The van der Waals surface area contributed by atoms with E-state index in [1.54, 1.807) is 12.1 Å². The van der Waals surface area contributed by atoms with Crippen molar-refractivity contribution in [3.05, 3.63) is 35.1 Å². The second-order valence-electron chi connectivity index (χ2n) is 5.44. The number of benzene rings is 1. The normalized spacial score (nSPS) is 27.0. The van der Waals surface area contributed by atoms with Gasteiger partial charge in [-0.1, -0.05) is 6.07 Å². The summed E-state index contributed by atoms with van der Waals surface area (Å²) in [6.07, 6.45) is 0. The van der Waals surface area contributed by atoms with Gasteiger partial charge in [-0.2, -0.15) is 0 Å². The van der Waals surface area contributed by atoms with E-state index in [1.165, 1.54) is 5.56 Å². The second-order valence-corrected chi connectivity index (χ2v) is 5.44. The van der Waals surface area contributed by atoms with Crippen LogP contribution in [0.1, 0.15) is 11.1 Å². The van der Waals surface area contributed by atoms with Crippen LogP contribution in [0.15, 0.2) is 18.2 Å². The van der Waals surface area contributed by atoms with Gasteiger partial charge in [-0.15, -0.1) is 12.4 Å². The molecule has 0 amide bonds. The zero-order valence-corrected chi connectivity index (χ0v) is 11.5. The lowest BCUT2D eigenvalue weighted by molar-refractivity contribution is 0.304.